The average Bonchev–Trinajstić information content (AvgIpc) is 2.89. The van der Waals surface area contributed by atoms with Gasteiger partial charge in [-0.2, -0.15) is 0 Å². The second-order valence-electron chi connectivity index (χ2n) is 6.37. The van der Waals surface area contributed by atoms with E-state index in [0.717, 1.165) is 29.5 Å². The monoisotopic (exact) mass is 278 g/mol. The Bertz CT molecular complexity index is 674. The quantitative estimate of drug-likeness (QED) is 0.738. The first kappa shape index (κ1) is 14.1. The molecular weight excluding hydrogens is 256 g/mol. The van der Waals surface area contributed by atoms with Gasteiger partial charge in [0.25, 0.3) is 0 Å². The molecule has 1 heteroatoms. The smallest absolute Gasteiger partial charge is 0.167 e. The topological polar surface area (TPSA) is 17.1 Å². The van der Waals surface area contributed by atoms with E-state index in [4.69, 9.17) is 0 Å². The van der Waals surface area contributed by atoms with Crippen molar-refractivity contribution in [2.75, 3.05) is 0 Å². The molecule has 1 aliphatic carbocycles. The SMILES string of the molecule is Cc1cc(C)c(C)c(C(=O)C2Cc3ccccc3C2)c1C. The Hall–Kier alpha value is -1.89. The molecule has 108 valence electrons. The van der Waals surface area contributed by atoms with Crippen molar-refractivity contribution < 1.29 is 4.79 Å². The molecular formula is C20H22O. The summed E-state index contributed by atoms with van der Waals surface area (Å²) in [5, 5.41) is 0. The molecule has 0 fully saturated rings. The van der Waals surface area contributed by atoms with E-state index in [1.165, 1.54) is 22.3 Å². The second kappa shape index (κ2) is 5.14. The number of Topliss-reactive ketones (excluding diaryl/α,β-unsaturated/α-hetero) is 1. The highest BCUT2D eigenvalue weighted by Gasteiger charge is 2.30. The lowest BCUT2D eigenvalue weighted by atomic mass is 9.86. The lowest BCUT2D eigenvalue weighted by Crippen LogP contribution is -2.18. The first-order valence-corrected chi connectivity index (χ1v) is 7.67. The molecule has 0 saturated heterocycles. The molecule has 0 heterocycles. The number of ketones is 1. The fourth-order valence-corrected chi connectivity index (χ4v) is 3.53. The number of aryl methyl sites for hydroxylation is 2. The third kappa shape index (κ3) is 2.31. The van der Waals surface area contributed by atoms with Gasteiger partial charge in [0.2, 0.25) is 0 Å². The molecule has 0 spiro atoms. The Balaban J connectivity index is 1.98. The molecule has 0 N–H and O–H groups in total. The maximum atomic E-state index is 13.1. The standard InChI is InChI=1S/C20H22O/c1-12-9-13(2)15(4)19(14(12)3)20(21)18-10-16-7-5-6-8-17(16)11-18/h5-9,18H,10-11H2,1-4H3. The molecule has 1 nitrogen and oxygen atoms in total. The summed E-state index contributed by atoms with van der Waals surface area (Å²) in [7, 11) is 0. The summed E-state index contributed by atoms with van der Waals surface area (Å²) < 4.78 is 0. The van der Waals surface area contributed by atoms with Gasteiger partial charge in [-0.15, -0.1) is 0 Å². The van der Waals surface area contributed by atoms with Crippen LogP contribution in [0.2, 0.25) is 0 Å². The minimum absolute atomic E-state index is 0.112. The predicted octanol–water partition coefficient (Wildman–Crippen LogP) is 4.52. The largest absolute Gasteiger partial charge is 0.294 e. The van der Waals surface area contributed by atoms with Crippen molar-refractivity contribution in [3.63, 3.8) is 0 Å². The molecule has 0 bridgehead atoms. The Kier molecular flexibility index (Phi) is 3.44. The minimum Gasteiger partial charge on any atom is -0.294 e. The molecule has 0 amide bonds. The van der Waals surface area contributed by atoms with Gasteiger partial charge in [-0.1, -0.05) is 30.3 Å². The fourth-order valence-electron chi connectivity index (χ4n) is 3.53. The van der Waals surface area contributed by atoms with Gasteiger partial charge in [-0.05, 0) is 73.9 Å². The molecule has 1 aliphatic rings. The van der Waals surface area contributed by atoms with Gasteiger partial charge in [-0.25, -0.2) is 0 Å². The van der Waals surface area contributed by atoms with E-state index >= 15 is 0 Å². The van der Waals surface area contributed by atoms with Crippen LogP contribution in [0.4, 0.5) is 0 Å². The highest BCUT2D eigenvalue weighted by Crippen LogP contribution is 2.32. The molecule has 0 aromatic heterocycles. The van der Waals surface area contributed by atoms with Crippen molar-refractivity contribution in [1.82, 2.24) is 0 Å². The van der Waals surface area contributed by atoms with Crippen LogP contribution < -0.4 is 0 Å². The predicted molar refractivity (Wildman–Crippen MR) is 87.1 cm³/mol. The van der Waals surface area contributed by atoms with Gasteiger partial charge in [0.05, 0.1) is 0 Å². The maximum Gasteiger partial charge on any atom is 0.167 e. The molecule has 0 aliphatic heterocycles. The van der Waals surface area contributed by atoms with E-state index in [-0.39, 0.29) is 5.92 Å². The summed E-state index contributed by atoms with van der Waals surface area (Å²) in [6.45, 7) is 8.36. The van der Waals surface area contributed by atoms with E-state index in [9.17, 15) is 4.79 Å². The Morgan fingerprint density at radius 3 is 1.86 bits per heavy atom. The van der Waals surface area contributed by atoms with Crippen molar-refractivity contribution in [2.24, 2.45) is 5.92 Å². The van der Waals surface area contributed by atoms with E-state index in [0.29, 0.717) is 5.78 Å². The minimum atomic E-state index is 0.112. The van der Waals surface area contributed by atoms with E-state index in [1.54, 1.807) is 0 Å². The highest BCUT2D eigenvalue weighted by molar-refractivity contribution is 6.01. The maximum absolute atomic E-state index is 13.1. The first-order chi connectivity index (χ1) is 9.99. The second-order valence-corrected chi connectivity index (χ2v) is 6.37. The number of hydrogen-bond acceptors (Lipinski definition) is 1. The third-order valence-corrected chi connectivity index (χ3v) is 5.03. The van der Waals surface area contributed by atoms with Crippen molar-refractivity contribution in [3.05, 3.63) is 69.3 Å². The van der Waals surface area contributed by atoms with Crippen LogP contribution in [0, 0.1) is 33.6 Å². The summed E-state index contributed by atoms with van der Waals surface area (Å²) in [4.78, 5) is 13.1. The molecule has 0 radical (unpaired) electrons. The van der Waals surface area contributed by atoms with Gasteiger partial charge in [0.15, 0.2) is 5.78 Å². The van der Waals surface area contributed by atoms with Crippen LogP contribution in [0.3, 0.4) is 0 Å². The molecule has 2 aromatic rings. The number of hydrogen-bond donors (Lipinski definition) is 0. The lowest BCUT2D eigenvalue weighted by Gasteiger charge is -2.17. The lowest BCUT2D eigenvalue weighted by molar-refractivity contribution is 0.0923. The van der Waals surface area contributed by atoms with E-state index < -0.39 is 0 Å². The van der Waals surface area contributed by atoms with Gasteiger partial charge in [-0.3, -0.25) is 4.79 Å². The molecule has 3 rings (SSSR count). The molecule has 0 saturated carbocycles. The van der Waals surface area contributed by atoms with Crippen LogP contribution in [-0.2, 0) is 12.8 Å². The third-order valence-electron chi connectivity index (χ3n) is 5.03. The summed E-state index contributed by atoms with van der Waals surface area (Å²) in [5.41, 5.74) is 8.39. The summed E-state index contributed by atoms with van der Waals surface area (Å²) in [6, 6.07) is 10.6. The average molecular weight is 278 g/mol. The zero-order valence-electron chi connectivity index (χ0n) is 13.3. The van der Waals surface area contributed by atoms with Crippen LogP contribution in [0.15, 0.2) is 30.3 Å². The fraction of sp³-hybridized carbons (Fsp3) is 0.350. The van der Waals surface area contributed by atoms with E-state index in [2.05, 4.69) is 58.0 Å². The number of carbonyl (C=O) groups excluding carboxylic acids is 1. The number of carbonyl (C=O) groups is 1. The van der Waals surface area contributed by atoms with Crippen LogP contribution in [0.25, 0.3) is 0 Å². The van der Waals surface area contributed by atoms with Crippen LogP contribution in [-0.4, -0.2) is 5.78 Å². The Morgan fingerprint density at radius 1 is 0.905 bits per heavy atom. The number of fused-ring (bicyclic) bond motifs is 1. The number of benzene rings is 2. The summed E-state index contributed by atoms with van der Waals surface area (Å²) in [5.74, 6) is 0.439. The van der Waals surface area contributed by atoms with Crippen LogP contribution in [0.5, 0.6) is 0 Å². The van der Waals surface area contributed by atoms with Crippen LogP contribution in [0.1, 0.15) is 43.7 Å². The normalized spacial score (nSPS) is 14.3. The Labute approximate surface area is 127 Å². The van der Waals surface area contributed by atoms with Gasteiger partial charge in [0.1, 0.15) is 0 Å². The molecule has 21 heavy (non-hydrogen) atoms. The van der Waals surface area contributed by atoms with Crippen molar-refractivity contribution in [2.45, 2.75) is 40.5 Å². The highest BCUT2D eigenvalue weighted by atomic mass is 16.1. The molecule has 0 atom stereocenters. The van der Waals surface area contributed by atoms with E-state index in [1.807, 2.05) is 0 Å². The van der Waals surface area contributed by atoms with Crippen molar-refractivity contribution in [3.8, 4) is 0 Å². The first-order valence-electron chi connectivity index (χ1n) is 7.67. The zero-order chi connectivity index (χ0) is 15.1. The van der Waals surface area contributed by atoms with Crippen molar-refractivity contribution >= 4 is 5.78 Å². The number of rotatable bonds is 2. The zero-order valence-corrected chi connectivity index (χ0v) is 13.3. The van der Waals surface area contributed by atoms with Crippen LogP contribution >= 0.6 is 0 Å². The Morgan fingerprint density at radius 2 is 1.38 bits per heavy atom. The summed E-state index contributed by atoms with van der Waals surface area (Å²) in [6.07, 6.45) is 1.78. The van der Waals surface area contributed by atoms with Gasteiger partial charge in [0, 0.05) is 11.5 Å². The summed E-state index contributed by atoms with van der Waals surface area (Å²) >= 11 is 0. The van der Waals surface area contributed by atoms with Crippen molar-refractivity contribution in [1.29, 1.82) is 0 Å². The van der Waals surface area contributed by atoms with Gasteiger partial charge < -0.3 is 0 Å². The molecule has 2 aromatic carbocycles. The van der Waals surface area contributed by atoms with Gasteiger partial charge >= 0.3 is 0 Å². The molecule has 0 unspecified atom stereocenters.